The van der Waals surface area contributed by atoms with E-state index in [1.165, 1.54) is 88.3 Å². The highest BCUT2D eigenvalue weighted by molar-refractivity contribution is 6.23. The lowest BCUT2D eigenvalue weighted by molar-refractivity contribution is 1.58. The van der Waals surface area contributed by atoms with Crippen molar-refractivity contribution >= 4 is 45.8 Å². The molecule has 0 heterocycles. The Morgan fingerprint density at radius 1 is 0.222 bits per heavy atom. The van der Waals surface area contributed by atoms with Crippen molar-refractivity contribution in [3.05, 3.63) is 229 Å². The summed E-state index contributed by atoms with van der Waals surface area (Å²) in [6.07, 6.45) is 8.82. The molecule has 9 rings (SSSR count). The van der Waals surface area contributed by atoms with Crippen LogP contribution in [-0.4, -0.2) is 0 Å². The van der Waals surface area contributed by atoms with Crippen LogP contribution in [0.2, 0.25) is 0 Å². The second-order valence-corrected chi connectivity index (χ2v) is 13.7. The van der Waals surface area contributed by atoms with Crippen LogP contribution in [0.25, 0.3) is 90.4 Å². The average molecular weight is 687 g/mol. The second kappa shape index (κ2) is 14.9. The van der Waals surface area contributed by atoms with E-state index in [4.69, 9.17) is 0 Å². The van der Waals surface area contributed by atoms with E-state index in [9.17, 15) is 0 Å². The van der Waals surface area contributed by atoms with Gasteiger partial charge < -0.3 is 0 Å². The molecule has 0 bridgehead atoms. The Kier molecular flexibility index (Phi) is 9.07. The first kappa shape index (κ1) is 32.9. The summed E-state index contributed by atoms with van der Waals surface area (Å²) < 4.78 is 0. The minimum atomic E-state index is 1.17. The average Bonchev–Trinajstić information content (AvgIpc) is 3.25. The van der Waals surface area contributed by atoms with E-state index in [1.54, 1.807) is 0 Å². The molecule has 0 aliphatic carbocycles. The fourth-order valence-corrected chi connectivity index (χ4v) is 7.70. The molecule has 0 radical (unpaired) electrons. The molecule has 0 saturated heterocycles. The highest BCUT2D eigenvalue weighted by Gasteiger charge is 2.21. The maximum atomic E-state index is 2.34. The Bertz CT molecular complexity index is 2520. The lowest BCUT2D eigenvalue weighted by atomic mass is 9.81. The third-order valence-electron chi connectivity index (χ3n) is 10.3. The van der Waals surface area contributed by atoms with Gasteiger partial charge in [0.1, 0.15) is 0 Å². The monoisotopic (exact) mass is 686 g/mol. The van der Waals surface area contributed by atoms with E-state index in [0.717, 1.165) is 0 Å². The molecular formula is C54H38. The lowest BCUT2D eigenvalue weighted by Crippen LogP contribution is -1.95. The van der Waals surface area contributed by atoms with Crippen molar-refractivity contribution in [2.75, 3.05) is 0 Å². The largest absolute Gasteiger partial charge is 0.0622 e. The number of hydrogen-bond acceptors (Lipinski definition) is 0. The van der Waals surface area contributed by atoms with Gasteiger partial charge in [-0.25, -0.2) is 0 Å². The summed E-state index contributed by atoms with van der Waals surface area (Å²) in [7, 11) is 0. The van der Waals surface area contributed by atoms with Gasteiger partial charge in [-0.15, -0.1) is 0 Å². The molecule has 0 amide bonds. The Balaban J connectivity index is 1.28. The van der Waals surface area contributed by atoms with Crippen LogP contribution in [0, 0.1) is 0 Å². The highest BCUT2D eigenvalue weighted by Crippen LogP contribution is 2.48. The van der Waals surface area contributed by atoms with Crippen molar-refractivity contribution in [1.82, 2.24) is 0 Å². The van der Waals surface area contributed by atoms with Gasteiger partial charge in [-0.3, -0.25) is 0 Å². The van der Waals surface area contributed by atoms with Crippen molar-refractivity contribution in [3.63, 3.8) is 0 Å². The molecule has 54 heavy (non-hydrogen) atoms. The Labute approximate surface area is 317 Å². The first-order chi connectivity index (χ1) is 26.8. The van der Waals surface area contributed by atoms with Gasteiger partial charge in [-0.2, -0.15) is 0 Å². The number of rotatable bonds is 8. The van der Waals surface area contributed by atoms with Gasteiger partial charge >= 0.3 is 0 Å². The third-order valence-corrected chi connectivity index (χ3v) is 10.3. The van der Waals surface area contributed by atoms with Crippen molar-refractivity contribution < 1.29 is 0 Å². The fourth-order valence-electron chi connectivity index (χ4n) is 7.70. The maximum Gasteiger partial charge on any atom is -0.00201 e. The van der Waals surface area contributed by atoms with Gasteiger partial charge in [0.25, 0.3) is 0 Å². The zero-order valence-corrected chi connectivity index (χ0v) is 29.9. The van der Waals surface area contributed by atoms with Crippen LogP contribution in [0.1, 0.15) is 22.3 Å². The van der Waals surface area contributed by atoms with E-state index in [1.807, 2.05) is 0 Å². The summed E-state index contributed by atoms with van der Waals surface area (Å²) in [4.78, 5) is 0. The maximum absolute atomic E-state index is 2.34. The second-order valence-electron chi connectivity index (χ2n) is 13.7. The summed E-state index contributed by atoms with van der Waals surface area (Å²) in [6.45, 7) is 0. The van der Waals surface area contributed by atoms with E-state index >= 15 is 0 Å². The molecule has 0 nitrogen and oxygen atoms in total. The number of fused-ring (bicyclic) bond motifs is 2. The first-order valence-corrected chi connectivity index (χ1v) is 18.6. The lowest BCUT2D eigenvalue weighted by Gasteiger charge is -2.21. The normalized spacial score (nSPS) is 11.6. The smallest absolute Gasteiger partial charge is 0.00201 e. The summed E-state index contributed by atoms with van der Waals surface area (Å²) in [5.41, 5.74) is 14.5. The van der Waals surface area contributed by atoms with Crippen LogP contribution in [0.5, 0.6) is 0 Å². The molecule has 0 aliphatic rings. The zero-order valence-electron chi connectivity index (χ0n) is 29.9. The van der Waals surface area contributed by atoms with Gasteiger partial charge in [0, 0.05) is 0 Å². The minimum absolute atomic E-state index is 1.17. The van der Waals surface area contributed by atoms with E-state index < -0.39 is 0 Å². The van der Waals surface area contributed by atoms with E-state index in [0.29, 0.717) is 0 Å². The summed E-state index contributed by atoms with van der Waals surface area (Å²) in [5.74, 6) is 0. The van der Waals surface area contributed by atoms with Gasteiger partial charge in [0.05, 0.1) is 0 Å². The predicted molar refractivity (Wildman–Crippen MR) is 234 cm³/mol. The standard InChI is InChI=1S/C54H38/c1-5-17-39(18-6-1)29-31-41-33-35-49(51(37-41)43-21-9-3-10-22-43)53-45-25-13-15-27-47(45)54(48-28-16-14-26-46(48)53)50-36-34-42(32-30-40-19-7-2-8-20-40)38-52(50)44-23-11-4-12-24-44/h1-38H/b31-29-,32-30?. The fraction of sp³-hybridized carbons (Fsp3) is 0. The molecule has 0 aliphatic heterocycles. The molecule has 0 saturated carbocycles. The van der Waals surface area contributed by atoms with Gasteiger partial charge in [-0.05, 0) is 100 Å². The molecule has 0 atom stereocenters. The summed E-state index contributed by atoms with van der Waals surface area (Å²) >= 11 is 0. The molecular weight excluding hydrogens is 649 g/mol. The molecule has 0 spiro atoms. The van der Waals surface area contributed by atoms with Crippen LogP contribution >= 0.6 is 0 Å². The van der Waals surface area contributed by atoms with Crippen molar-refractivity contribution in [2.45, 2.75) is 0 Å². The van der Waals surface area contributed by atoms with Gasteiger partial charge in [0.15, 0.2) is 0 Å². The zero-order chi connectivity index (χ0) is 36.1. The Morgan fingerprint density at radius 3 is 0.870 bits per heavy atom. The number of benzene rings is 9. The van der Waals surface area contributed by atoms with Crippen LogP contribution in [0.4, 0.5) is 0 Å². The molecule has 9 aromatic rings. The topological polar surface area (TPSA) is 0 Å². The highest BCUT2D eigenvalue weighted by atomic mass is 14.2. The predicted octanol–water partition coefficient (Wildman–Crippen LogP) is 15.0. The first-order valence-electron chi connectivity index (χ1n) is 18.6. The minimum Gasteiger partial charge on any atom is -0.0622 e. The summed E-state index contributed by atoms with van der Waals surface area (Å²) in [5, 5.41) is 4.96. The molecule has 0 N–H and O–H groups in total. The number of hydrogen-bond donors (Lipinski definition) is 0. The Morgan fingerprint density at radius 2 is 0.519 bits per heavy atom. The van der Waals surface area contributed by atoms with Crippen molar-refractivity contribution in [2.24, 2.45) is 0 Å². The Hall–Kier alpha value is -7.02. The quantitative estimate of drug-likeness (QED) is 0.110. The summed E-state index contributed by atoms with van der Waals surface area (Å²) in [6, 6.07) is 74.4. The molecule has 254 valence electrons. The van der Waals surface area contributed by atoms with Gasteiger partial charge in [-0.1, -0.05) is 218 Å². The van der Waals surface area contributed by atoms with E-state index in [-0.39, 0.29) is 0 Å². The molecule has 9 aromatic carbocycles. The van der Waals surface area contributed by atoms with Crippen LogP contribution in [0.3, 0.4) is 0 Å². The van der Waals surface area contributed by atoms with Crippen LogP contribution < -0.4 is 0 Å². The van der Waals surface area contributed by atoms with Crippen LogP contribution in [0.15, 0.2) is 206 Å². The molecule has 0 aromatic heterocycles. The van der Waals surface area contributed by atoms with Crippen LogP contribution in [-0.2, 0) is 0 Å². The van der Waals surface area contributed by atoms with E-state index in [2.05, 4.69) is 231 Å². The third kappa shape index (κ3) is 6.58. The molecule has 0 unspecified atom stereocenters. The van der Waals surface area contributed by atoms with Crippen molar-refractivity contribution in [1.29, 1.82) is 0 Å². The van der Waals surface area contributed by atoms with Gasteiger partial charge in [0.2, 0.25) is 0 Å². The molecule has 0 heteroatoms. The molecule has 0 fully saturated rings. The van der Waals surface area contributed by atoms with Crippen molar-refractivity contribution in [3.8, 4) is 44.5 Å². The SMILES string of the molecule is C(=Cc1ccc(-c2c3ccccc3c(-c3ccc(/C=C\c4ccccc4)cc3-c3ccccc3)c3ccccc23)c(-c2ccccc2)c1)c1ccccc1.